The molecule has 22 heavy (non-hydrogen) atoms. The Morgan fingerprint density at radius 3 is 2.77 bits per heavy atom. The van der Waals surface area contributed by atoms with Gasteiger partial charge in [0.05, 0.1) is 13.2 Å². The average Bonchev–Trinajstić information content (AvgIpc) is 2.57. The highest BCUT2D eigenvalue weighted by Crippen LogP contribution is 2.34. The zero-order chi connectivity index (χ0) is 15.4. The second kappa shape index (κ2) is 6.95. The van der Waals surface area contributed by atoms with Gasteiger partial charge in [0.2, 0.25) is 0 Å². The van der Waals surface area contributed by atoms with Crippen LogP contribution in [-0.4, -0.2) is 24.9 Å². The van der Waals surface area contributed by atoms with Crippen molar-refractivity contribution in [3.05, 3.63) is 65.2 Å². The molecule has 0 bridgehead atoms. The molecule has 3 rings (SSSR count). The molecule has 0 radical (unpaired) electrons. The monoisotopic (exact) mass is 297 g/mol. The maximum atomic E-state index is 10.4. The van der Waals surface area contributed by atoms with Crippen molar-refractivity contribution in [3.8, 4) is 5.75 Å². The van der Waals surface area contributed by atoms with E-state index in [-0.39, 0.29) is 12.0 Å². The molecule has 2 unspecified atom stereocenters. The van der Waals surface area contributed by atoms with E-state index in [2.05, 4.69) is 29.6 Å². The fraction of sp³-hybridized carbons (Fsp3) is 0.368. The van der Waals surface area contributed by atoms with Gasteiger partial charge in [-0.05, 0) is 41.7 Å². The van der Waals surface area contributed by atoms with Crippen molar-refractivity contribution in [3.63, 3.8) is 0 Å². The van der Waals surface area contributed by atoms with Crippen LogP contribution in [0.3, 0.4) is 0 Å². The molecule has 0 saturated carbocycles. The second-order valence-corrected chi connectivity index (χ2v) is 5.89. The number of aliphatic hydroxyl groups excluding tert-OH is 1. The lowest BCUT2D eigenvalue weighted by Gasteiger charge is -2.31. The highest BCUT2D eigenvalue weighted by Gasteiger charge is 2.28. The summed E-state index contributed by atoms with van der Waals surface area (Å²) in [5.74, 6) is 0.989. The number of hydrogen-bond donors (Lipinski definition) is 2. The van der Waals surface area contributed by atoms with E-state index in [4.69, 9.17) is 4.74 Å². The summed E-state index contributed by atoms with van der Waals surface area (Å²) >= 11 is 0. The van der Waals surface area contributed by atoms with Crippen molar-refractivity contribution in [2.24, 2.45) is 0 Å². The van der Waals surface area contributed by atoms with Crippen molar-refractivity contribution in [1.29, 1.82) is 0 Å². The van der Waals surface area contributed by atoms with E-state index in [0.717, 1.165) is 31.7 Å². The fourth-order valence-electron chi connectivity index (χ4n) is 3.20. The van der Waals surface area contributed by atoms with Crippen molar-refractivity contribution in [2.45, 2.75) is 31.4 Å². The third-order valence-electron chi connectivity index (χ3n) is 4.46. The molecule has 116 valence electrons. The van der Waals surface area contributed by atoms with Crippen molar-refractivity contribution >= 4 is 0 Å². The van der Waals surface area contributed by atoms with E-state index < -0.39 is 0 Å². The van der Waals surface area contributed by atoms with Gasteiger partial charge in [0.25, 0.3) is 0 Å². The number of methoxy groups -OCH3 is 1. The summed E-state index contributed by atoms with van der Waals surface area (Å²) in [4.78, 5) is 0. The first-order valence-corrected chi connectivity index (χ1v) is 7.87. The first kappa shape index (κ1) is 15.1. The molecule has 0 saturated heterocycles. The standard InChI is InChI=1S/C19H23NO2/c1-22-16-9-7-15-8-10-19(21)18(17(15)11-16)13-20-12-14-5-3-2-4-6-14/h2-7,9,11,18-21H,8,10,12-13H2,1H3. The first-order chi connectivity index (χ1) is 10.8. The number of aryl methyl sites for hydroxylation is 1. The van der Waals surface area contributed by atoms with Gasteiger partial charge in [-0.25, -0.2) is 0 Å². The number of aliphatic hydroxyl groups is 1. The van der Waals surface area contributed by atoms with Crippen LogP contribution in [0.25, 0.3) is 0 Å². The van der Waals surface area contributed by atoms with E-state index in [9.17, 15) is 5.11 Å². The Morgan fingerprint density at radius 1 is 1.18 bits per heavy atom. The van der Waals surface area contributed by atoms with E-state index in [1.807, 2.05) is 24.3 Å². The Labute approximate surface area is 131 Å². The van der Waals surface area contributed by atoms with Crippen molar-refractivity contribution < 1.29 is 9.84 Å². The maximum absolute atomic E-state index is 10.4. The van der Waals surface area contributed by atoms with E-state index >= 15 is 0 Å². The summed E-state index contributed by atoms with van der Waals surface area (Å²) in [5.41, 5.74) is 3.81. The summed E-state index contributed by atoms with van der Waals surface area (Å²) < 4.78 is 5.34. The zero-order valence-electron chi connectivity index (χ0n) is 13.0. The van der Waals surface area contributed by atoms with Crippen molar-refractivity contribution in [2.75, 3.05) is 13.7 Å². The Bertz CT molecular complexity index is 612. The molecule has 2 atom stereocenters. The molecule has 0 heterocycles. The van der Waals surface area contributed by atoms with Crippen LogP contribution in [0, 0.1) is 0 Å². The predicted molar refractivity (Wildman–Crippen MR) is 88.2 cm³/mol. The minimum atomic E-state index is -0.289. The van der Waals surface area contributed by atoms with Gasteiger partial charge >= 0.3 is 0 Å². The van der Waals surface area contributed by atoms with Crippen LogP contribution in [0.5, 0.6) is 5.75 Å². The van der Waals surface area contributed by atoms with Gasteiger partial charge in [-0.3, -0.25) is 0 Å². The van der Waals surface area contributed by atoms with E-state index in [1.54, 1.807) is 7.11 Å². The highest BCUT2D eigenvalue weighted by atomic mass is 16.5. The number of benzene rings is 2. The number of ether oxygens (including phenoxy) is 1. The quantitative estimate of drug-likeness (QED) is 0.891. The normalized spacial score (nSPS) is 20.5. The average molecular weight is 297 g/mol. The van der Waals surface area contributed by atoms with Gasteiger partial charge in [0.1, 0.15) is 5.75 Å². The molecule has 1 aliphatic carbocycles. The molecular weight excluding hydrogens is 274 g/mol. The molecule has 3 heteroatoms. The molecule has 0 aliphatic heterocycles. The lowest BCUT2D eigenvalue weighted by molar-refractivity contribution is 0.124. The van der Waals surface area contributed by atoms with Gasteiger partial charge in [-0.2, -0.15) is 0 Å². The summed E-state index contributed by atoms with van der Waals surface area (Å²) in [6, 6.07) is 16.6. The summed E-state index contributed by atoms with van der Waals surface area (Å²) in [7, 11) is 1.68. The third kappa shape index (κ3) is 3.32. The zero-order valence-corrected chi connectivity index (χ0v) is 13.0. The molecule has 0 aromatic heterocycles. The van der Waals surface area contributed by atoms with Gasteiger partial charge in [0.15, 0.2) is 0 Å². The Hall–Kier alpha value is -1.84. The number of nitrogens with one attached hydrogen (secondary N) is 1. The van der Waals surface area contributed by atoms with Crippen LogP contribution >= 0.6 is 0 Å². The molecule has 0 amide bonds. The number of fused-ring (bicyclic) bond motifs is 1. The van der Waals surface area contributed by atoms with Crippen LogP contribution in [0.2, 0.25) is 0 Å². The number of rotatable bonds is 5. The smallest absolute Gasteiger partial charge is 0.119 e. The Balaban J connectivity index is 1.70. The lowest BCUT2D eigenvalue weighted by Crippen LogP contribution is -2.33. The van der Waals surface area contributed by atoms with Gasteiger partial charge in [0, 0.05) is 19.0 Å². The Morgan fingerprint density at radius 2 is 2.00 bits per heavy atom. The van der Waals surface area contributed by atoms with Gasteiger partial charge < -0.3 is 15.2 Å². The van der Waals surface area contributed by atoms with E-state index in [0.29, 0.717) is 0 Å². The van der Waals surface area contributed by atoms with Crippen molar-refractivity contribution in [1.82, 2.24) is 5.32 Å². The second-order valence-electron chi connectivity index (χ2n) is 5.89. The van der Waals surface area contributed by atoms with Crippen LogP contribution < -0.4 is 10.1 Å². The fourth-order valence-corrected chi connectivity index (χ4v) is 3.20. The molecule has 0 spiro atoms. The van der Waals surface area contributed by atoms with E-state index in [1.165, 1.54) is 16.7 Å². The van der Waals surface area contributed by atoms with Crippen LogP contribution in [0.4, 0.5) is 0 Å². The molecule has 2 aromatic rings. The molecular formula is C19H23NO2. The van der Waals surface area contributed by atoms with Crippen LogP contribution in [0.1, 0.15) is 29.0 Å². The molecule has 2 aromatic carbocycles. The summed E-state index contributed by atoms with van der Waals surface area (Å²) in [6.07, 6.45) is 1.48. The molecule has 0 fully saturated rings. The van der Waals surface area contributed by atoms with Crippen LogP contribution in [-0.2, 0) is 13.0 Å². The van der Waals surface area contributed by atoms with Gasteiger partial charge in [-0.15, -0.1) is 0 Å². The largest absolute Gasteiger partial charge is 0.497 e. The minimum absolute atomic E-state index is 0.127. The summed E-state index contributed by atoms with van der Waals surface area (Å²) in [6.45, 7) is 1.60. The lowest BCUT2D eigenvalue weighted by atomic mass is 9.80. The van der Waals surface area contributed by atoms with Crippen LogP contribution in [0.15, 0.2) is 48.5 Å². The Kier molecular flexibility index (Phi) is 4.76. The molecule has 2 N–H and O–H groups in total. The predicted octanol–water partition coefficient (Wildman–Crippen LogP) is 2.88. The SMILES string of the molecule is COc1ccc2c(c1)C(CNCc1ccccc1)C(O)CC2. The topological polar surface area (TPSA) is 41.5 Å². The summed E-state index contributed by atoms with van der Waals surface area (Å²) in [5, 5.41) is 13.9. The maximum Gasteiger partial charge on any atom is 0.119 e. The third-order valence-corrected chi connectivity index (χ3v) is 4.46. The highest BCUT2D eigenvalue weighted by molar-refractivity contribution is 5.40. The number of hydrogen-bond acceptors (Lipinski definition) is 3. The molecule has 3 nitrogen and oxygen atoms in total. The van der Waals surface area contributed by atoms with Gasteiger partial charge in [-0.1, -0.05) is 36.4 Å². The minimum Gasteiger partial charge on any atom is -0.497 e. The molecule has 1 aliphatic rings. The first-order valence-electron chi connectivity index (χ1n) is 7.87.